The molecule has 0 atom stereocenters. The minimum Gasteiger partial charge on any atom is -0.240 e. The number of thiazole rings is 1. The summed E-state index contributed by atoms with van der Waals surface area (Å²) in [6.45, 7) is 4.18. The third-order valence-electron chi connectivity index (χ3n) is 2.25. The number of hydrogen-bond acceptors (Lipinski definition) is 2. The van der Waals surface area contributed by atoms with Crippen LogP contribution in [-0.2, 0) is 5.88 Å². The zero-order valence-corrected chi connectivity index (χ0v) is 10.3. The molecule has 0 N–H and O–H groups in total. The van der Waals surface area contributed by atoms with Crippen LogP contribution in [0.2, 0.25) is 0 Å². The summed E-state index contributed by atoms with van der Waals surface area (Å²) in [7, 11) is 0. The van der Waals surface area contributed by atoms with Crippen LogP contribution in [0.3, 0.4) is 0 Å². The van der Waals surface area contributed by atoms with Crippen molar-refractivity contribution in [3.63, 3.8) is 0 Å². The fourth-order valence-corrected chi connectivity index (χ4v) is 2.60. The second-order valence-corrected chi connectivity index (χ2v) is 5.07. The molecule has 2 aromatic rings. The predicted octanol–water partition coefficient (Wildman–Crippen LogP) is 4.17. The SMILES string of the molecule is Cc1cccc(-c2nc(CCl)sc2C)c1. The van der Waals surface area contributed by atoms with E-state index in [4.69, 9.17) is 11.6 Å². The molecule has 0 aliphatic carbocycles. The Hall–Kier alpha value is -0.860. The molecule has 3 heteroatoms. The lowest BCUT2D eigenvalue weighted by molar-refractivity contribution is 1.25. The van der Waals surface area contributed by atoms with Gasteiger partial charge < -0.3 is 0 Å². The van der Waals surface area contributed by atoms with E-state index >= 15 is 0 Å². The average molecular weight is 238 g/mol. The number of halogens is 1. The largest absolute Gasteiger partial charge is 0.240 e. The number of alkyl halides is 1. The Balaban J connectivity index is 2.48. The number of aromatic nitrogens is 1. The zero-order valence-electron chi connectivity index (χ0n) is 8.75. The predicted molar refractivity (Wildman–Crippen MR) is 66.6 cm³/mol. The van der Waals surface area contributed by atoms with Gasteiger partial charge in [0.2, 0.25) is 0 Å². The molecule has 2 rings (SSSR count). The lowest BCUT2D eigenvalue weighted by atomic mass is 10.1. The van der Waals surface area contributed by atoms with Gasteiger partial charge in [0.15, 0.2) is 0 Å². The fraction of sp³-hybridized carbons (Fsp3) is 0.250. The molecule has 1 heterocycles. The monoisotopic (exact) mass is 237 g/mol. The van der Waals surface area contributed by atoms with E-state index in [0.717, 1.165) is 10.7 Å². The van der Waals surface area contributed by atoms with Gasteiger partial charge in [0.25, 0.3) is 0 Å². The number of nitrogens with zero attached hydrogens (tertiary/aromatic N) is 1. The van der Waals surface area contributed by atoms with Crippen LogP contribution >= 0.6 is 22.9 Å². The topological polar surface area (TPSA) is 12.9 Å². The number of hydrogen-bond donors (Lipinski definition) is 0. The van der Waals surface area contributed by atoms with Crippen molar-refractivity contribution in [2.24, 2.45) is 0 Å². The lowest BCUT2D eigenvalue weighted by Gasteiger charge is -1.99. The first-order valence-corrected chi connectivity index (χ1v) is 6.15. The van der Waals surface area contributed by atoms with Crippen molar-refractivity contribution in [3.05, 3.63) is 39.7 Å². The van der Waals surface area contributed by atoms with Crippen molar-refractivity contribution in [1.82, 2.24) is 4.98 Å². The number of benzene rings is 1. The molecule has 0 unspecified atom stereocenters. The third-order valence-corrected chi connectivity index (χ3v) is 3.63. The molecular weight excluding hydrogens is 226 g/mol. The Morgan fingerprint density at radius 2 is 2.13 bits per heavy atom. The molecular formula is C12H12ClNS. The summed E-state index contributed by atoms with van der Waals surface area (Å²) in [5.41, 5.74) is 3.51. The summed E-state index contributed by atoms with van der Waals surface area (Å²) in [5.74, 6) is 0.497. The van der Waals surface area contributed by atoms with Gasteiger partial charge in [-0.25, -0.2) is 4.98 Å². The van der Waals surface area contributed by atoms with Gasteiger partial charge in [-0.1, -0.05) is 23.8 Å². The van der Waals surface area contributed by atoms with Crippen molar-refractivity contribution in [2.75, 3.05) is 0 Å². The highest BCUT2D eigenvalue weighted by molar-refractivity contribution is 7.12. The molecule has 0 bridgehead atoms. The first-order chi connectivity index (χ1) is 7.20. The van der Waals surface area contributed by atoms with Crippen LogP contribution in [0.4, 0.5) is 0 Å². The standard InChI is InChI=1S/C12H12ClNS/c1-8-4-3-5-10(6-8)12-9(2)15-11(7-13)14-12/h3-6H,7H2,1-2H3. The number of aryl methyl sites for hydroxylation is 2. The van der Waals surface area contributed by atoms with E-state index in [1.165, 1.54) is 16.0 Å². The summed E-state index contributed by atoms with van der Waals surface area (Å²) in [6, 6.07) is 8.39. The Labute approximate surface area is 98.7 Å². The molecule has 0 fully saturated rings. The first-order valence-electron chi connectivity index (χ1n) is 4.80. The first kappa shape index (κ1) is 10.7. The molecule has 1 aromatic carbocycles. The summed E-state index contributed by atoms with van der Waals surface area (Å²) in [5, 5.41) is 0.991. The maximum Gasteiger partial charge on any atom is 0.108 e. The van der Waals surface area contributed by atoms with E-state index in [2.05, 4.69) is 43.1 Å². The van der Waals surface area contributed by atoms with Gasteiger partial charge in [-0.05, 0) is 19.9 Å². The van der Waals surface area contributed by atoms with Crippen LogP contribution in [-0.4, -0.2) is 4.98 Å². The van der Waals surface area contributed by atoms with Crippen LogP contribution in [0.15, 0.2) is 24.3 Å². The van der Waals surface area contributed by atoms with Crippen molar-refractivity contribution >= 4 is 22.9 Å². The van der Waals surface area contributed by atoms with E-state index in [0.29, 0.717) is 5.88 Å². The summed E-state index contributed by atoms with van der Waals surface area (Å²) in [6.07, 6.45) is 0. The van der Waals surface area contributed by atoms with E-state index in [9.17, 15) is 0 Å². The minimum atomic E-state index is 0.497. The maximum atomic E-state index is 5.78. The van der Waals surface area contributed by atoms with Gasteiger partial charge in [0.05, 0.1) is 11.6 Å². The van der Waals surface area contributed by atoms with E-state index in [1.54, 1.807) is 11.3 Å². The smallest absolute Gasteiger partial charge is 0.108 e. The van der Waals surface area contributed by atoms with Gasteiger partial charge in [-0.3, -0.25) is 0 Å². The molecule has 0 aliphatic rings. The molecule has 0 amide bonds. The summed E-state index contributed by atoms with van der Waals surface area (Å²) in [4.78, 5) is 5.76. The van der Waals surface area contributed by atoms with Crippen LogP contribution < -0.4 is 0 Å². The van der Waals surface area contributed by atoms with Gasteiger partial charge in [0, 0.05) is 10.4 Å². The molecule has 0 saturated carbocycles. The van der Waals surface area contributed by atoms with Gasteiger partial charge in [-0.2, -0.15) is 0 Å². The molecule has 78 valence electrons. The highest BCUT2D eigenvalue weighted by atomic mass is 35.5. The van der Waals surface area contributed by atoms with Crippen molar-refractivity contribution in [2.45, 2.75) is 19.7 Å². The normalized spacial score (nSPS) is 10.6. The third kappa shape index (κ3) is 2.21. The van der Waals surface area contributed by atoms with E-state index in [1.807, 2.05) is 0 Å². The maximum absolute atomic E-state index is 5.78. The quantitative estimate of drug-likeness (QED) is 0.715. The number of rotatable bonds is 2. The highest BCUT2D eigenvalue weighted by Crippen LogP contribution is 2.28. The van der Waals surface area contributed by atoms with Crippen molar-refractivity contribution in [1.29, 1.82) is 0 Å². The van der Waals surface area contributed by atoms with E-state index < -0.39 is 0 Å². The Kier molecular flexibility index (Phi) is 3.08. The molecule has 0 spiro atoms. The molecule has 0 aliphatic heterocycles. The highest BCUT2D eigenvalue weighted by Gasteiger charge is 2.08. The summed E-state index contributed by atoms with van der Waals surface area (Å²) >= 11 is 7.45. The minimum absolute atomic E-state index is 0.497. The van der Waals surface area contributed by atoms with Crippen LogP contribution in [0, 0.1) is 13.8 Å². The van der Waals surface area contributed by atoms with Crippen LogP contribution in [0.25, 0.3) is 11.3 Å². The van der Waals surface area contributed by atoms with Crippen LogP contribution in [0.1, 0.15) is 15.4 Å². The average Bonchev–Trinajstić information content (AvgIpc) is 2.60. The molecule has 1 nitrogen and oxygen atoms in total. The lowest BCUT2D eigenvalue weighted by Crippen LogP contribution is -1.82. The Morgan fingerprint density at radius 3 is 2.73 bits per heavy atom. The van der Waals surface area contributed by atoms with Crippen molar-refractivity contribution in [3.8, 4) is 11.3 Å². The summed E-state index contributed by atoms with van der Waals surface area (Å²) < 4.78 is 0. The van der Waals surface area contributed by atoms with Crippen molar-refractivity contribution < 1.29 is 0 Å². The Bertz CT molecular complexity index is 476. The van der Waals surface area contributed by atoms with Gasteiger partial charge in [0.1, 0.15) is 5.01 Å². The van der Waals surface area contributed by atoms with Gasteiger partial charge >= 0.3 is 0 Å². The fourth-order valence-electron chi connectivity index (χ4n) is 1.57. The second kappa shape index (κ2) is 4.33. The van der Waals surface area contributed by atoms with E-state index in [-0.39, 0.29) is 0 Å². The zero-order chi connectivity index (χ0) is 10.8. The van der Waals surface area contributed by atoms with Gasteiger partial charge in [-0.15, -0.1) is 22.9 Å². The molecule has 1 aromatic heterocycles. The Morgan fingerprint density at radius 1 is 1.33 bits per heavy atom. The van der Waals surface area contributed by atoms with Crippen LogP contribution in [0.5, 0.6) is 0 Å². The molecule has 15 heavy (non-hydrogen) atoms. The molecule has 0 saturated heterocycles. The molecule has 0 radical (unpaired) electrons. The second-order valence-electron chi connectivity index (χ2n) is 3.52.